The number of hydrogen-bond acceptors (Lipinski definition) is 4. The summed E-state index contributed by atoms with van der Waals surface area (Å²) in [7, 11) is -3.53. The molecule has 1 amide bonds. The second-order valence-corrected chi connectivity index (χ2v) is 10.2. The number of nitrogens with one attached hydrogen (secondary N) is 1. The molecule has 0 aromatic heterocycles. The van der Waals surface area contributed by atoms with Crippen molar-refractivity contribution in [2.45, 2.75) is 18.4 Å². The van der Waals surface area contributed by atoms with Crippen LogP contribution in [0.5, 0.6) is 0 Å². The Hall–Kier alpha value is -3.14. The first-order chi connectivity index (χ1) is 16.2. The van der Waals surface area contributed by atoms with Gasteiger partial charge in [-0.15, -0.1) is 0 Å². The Labute approximate surface area is 197 Å². The highest BCUT2D eigenvalue weighted by atomic mass is 32.2. The average Bonchev–Trinajstić information content (AvgIpc) is 2.82. The molecule has 0 spiro atoms. The highest BCUT2D eigenvalue weighted by Gasteiger charge is 2.28. The van der Waals surface area contributed by atoms with E-state index in [-0.39, 0.29) is 5.69 Å². The molecule has 178 valence electrons. The van der Waals surface area contributed by atoms with Crippen molar-refractivity contribution < 1.29 is 22.0 Å². The zero-order chi connectivity index (χ0) is 24.3. The number of anilines is 1. The fourth-order valence-electron chi connectivity index (χ4n) is 3.84. The van der Waals surface area contributed by atoms with Gasteiger partial charge in [-0.1, -0.05) is 29.8 Å². The molecule has 9 heteroatoms. The number of sulfonamides is 1. The van der Waals surface area contributed by atoms with Crippen molar-refractivity contribution >= 4 is 21.6 Å². The molecule has 1 heterocycles. The molecule has 1 N–H and O–H groups in total. The van der Waals surface area contributed by atoms with Crippen LogP contribution in [0.2, 0.25) is 0 Å². The van der Waals surface area contributed by atoms with Crippen LogP contribution in [0.1, 0.15) is 21.5 Å². The third kappa shape index (κ3) is 5.49. The van der Waals surface area contributed by atoms with E-state index >= 15 is 0 Å². The highest BCUT2D eigenvalue weighted by Crippen LogP contribution is 2.20. The van der Waals surface area contributed by atoms with Crippen molar-refractivity contribution in [1.29, 1.82) is 0 Å². The first kappa shape index (κ1) is 24.0. The predicted octanol–water partition coefficient (Wildman–Crippen LogP) is 4.03. The lowest BCUT2D eigenvalue weighted by Gasteiger charge is -2.34. The smallest absolute Gasteiger partial charge is 0.255 e. The molecule has 1 aliphatic heterocycles. The van der Waals surface area contributed by atoms with Gasteiger partial charge in [-0.05, 0) is 48.9 Å². The molecule has 6 nitrogen and oxygen atoms in total. The van der Waals surface area contributed by atoms with Gasteiger partial charge in [0.25, 0.3) is 5.91 Å². The number of amides is 1. The van der Waals surface area contributed by atoms with Crippen LogP contribution in [0.4, 0.5) is 14.5 Å². The van der Waals surface area contributed by atoms with Gasteiger partial charge in [-0.2, -0.15) is 4.31 Å². The van der Waals surface area contributed by atoms with E-state index in [2.05, 4.69) is 10.2 Å². The normalized spacial score (nSPS) is 15.3. The molecule has 3 aromatic rings. The van der Waals surface area contributed by atoms with Crippen LogP contribution in [0.3, 0.4) is 0 Å². The van der Waals surface area contributed by atoms with E-state index in [1.807, 2.05) is 13.0 Å². The number of nitrogens with zero attached hydrogens (tertiary/aromatic N) is 2. The second kappa shape index (κ2) is 10.0. The number of rotatable bonds is 6. The minimum absolute atomic E-state index is 0.0947. The number of hydrogen-bond donors (Lipinski definition) is 1. The van der Waals surface area contributed by atoms with Crippen LogP contribution in [0, 0.1) is 18.6 Å². The van der Waals surface area contributed by atoms with Crippen LogP contribution >= 0.6 is 0 Å². The van der Waals surface area contributed by atoms with Crippen LogP contribution in [-0.4, -0.2) is 49.7 Å². The van der Waals surface area contributed by atoms with Gasteiger partial charge in [-0.25, -0.2) is 17.2 Å². The molecular formula is C25H25F2N3O3S. The first-order valence-corrected chi connectivity index (χ1v) is 12.3. The van der Waals surface area contributed by atoms with E-state index < -0.39 is 27.6 Å². The molecule has 1 saturated heterocycles. The second-order valence-electron chi connectivity index (χ2n) is 8.27. The van der Waals surface area contributed by atoms with Gasteiger partial charge in [0.1, 0.15) is 11.6 Å². The topological polar surface area (TPSA) is 69.7 Å². The molecule has 3 aromatic carbocycles. The number of halogens is 2. The third-order valence-electron chi connectivity index (χ3n) is 5.76. The predicted molar refractivity (Wildman–Crippen MR) is 126 cm³/mol. The average molecular weight is 486 g/mol. The van der Waals surface area contributed by atoms with E-state index in [1.165, 1.54) is 10.4 Å². The summed E-state index contributed by atoms with van der Waals surface area (Å²) in [6.07, 6.45) is 0. The Kier molecular flexibility index (Phi) is 7.06. The minimum atomic E-state index is -3.53. The Morgan fingerprint density at radius 3 is 2.32 bits per heavy atom. The molecule has 1 aliphatic rings. The minimum Gasteiger partial charge on any atom is -0.319 e. The Balaban J connectivity index is 1.36. The van der Waals surface area contributed by atoms with Crippen molar-refractivity contribution in [3.63, 3.8) is 0 Å². The van der Waals surface area contributed by atoms with Gasteiger partial charge in [0.15, 0.2) is 0 Å². The first-order valence-electron chi connectivity index (χ1n) is 10.9. The van der Waals surface area contributed by atoms with E-state index in [0.717, 1.165) is 17.2 Å². The van der Waals surface area contributed by atoms with Crippen molar-refractivity contribution in [2.24, 2.45) is 0 Å². The lowest BCUT2D eigenvalue weighted by atomic mass is 10.1. The van der Waals surface area contributed by atoms with Crippen LogP contribution < -0.4 is 5.32 Å². The monoisotopic (exact) mass is 485 g/mol. The third-order valence-corrected chi connectivity index (χ3v) is 7.68. The summed E-state index contributed by atoms with van der Waals surface area (Å²) in [4.78, 5) is 15.0. The van der Waals surface area contributed by atoms with Crippen molar-refractivity contribution in [1.82, 2.24) is 9.21 Å². The number of aryl methyl sites for hydroxylation is 1. The maximum Gasteiger partial charge on any atom is 0.255 e. The number of carbonyl (C=O) groups is 1. The zero-order valence-electron chi connectivity index (χ0n) is 18.7. The molecular weight excluding hydrogens is 460 g/mol. The van der Waals surface area contributed by atoms with Gasteiger partial charge < -0.3 is 5.32 Å². The van der Waals surface area contributed by atoms with Gasteiger partial charge in [0.05, 0.1) is 10.6 Å². The quantitative estimate of drug-likeness (QED) is 0.572. The molecule has 4 rings (SSSR count). The molecule has 0 unspecified atom stereocenters. The van der Waals surface area contributed by atoms with Crippen molar-refractivity contribution in [2.75, 3.05) is 31.5 Å². The largest absolute Gasteiger partial charge is 0.319 e. The lowest BCUT2D eigenvalue weighted by Crippen LogP contribution is -2.48. The van der Waals surface area contributed by atoms with Crippen molar-refractivity contribution in [3.8, 4) is 0 Å². The van der Waals surface area contributed by atoms with Gasteiger partial charge in [-0.3, -0.25) is 9.69 Å². The van der Waals surface area contributed by atoms with E-state index in [4.69, 9.17) is 0 Å². The van der Waals surface area contributed by atoms with E-state index in [0.29, 0.717) is 49.2 Å². The molecule has 0 saturated carbocycles. The number of benzene rings is 3. The number of carbonyl (C=O) groups excluding carboxylic acids is 1. The summed E-state index contributed by atoms with van der Waals surface area (Å²) in [5.41, 5.74) is 2.13. The van der Waals surface area contributed by atoms with Gasteiger partial charge in [0, 0.05) is 44.4 Å². The maximum absolute atomic E-state index is 13.8. The molecule has 0 bridgehead atoms. The van der Waals surface area contributed by atoms with E-state index in [1.54, 1.807) is 42.5 Å². The summed E-state index contributed by atoms with van der Waals surface area (Å²) >= 11 is 0. The molecule has 0 radical (unpaired) electrons. The van der Waals surface area contributed by atoms with Crippen LogP contribution in [0.25, 0.3) is 0 Å². The Bertz CT molecular complexity index is 1290. The summed E-state index contributed by atoms with van der Waals surface area (Å²) in [6.45, 7) is 4.32. The Morgan fingerprint density at radius 2 is 1.65 bits per heavy atom. The van der Waals surface area contributed by atoms with Crippen LogP contribution in [0.15, 0.2) is 71.6 Å². The zero-order valence-corrected chi connectivity index (χ0v) is 19.5. The highest BCUT2D eigenvalue weighted by molar-refractivity contribution is 7.89. The lowest BCUT2D eigenvalue weighted by molar-refractivity contribution is 0.102. The summed E-state index contributed by atoms with van der Waals surface area (Å²) in [5.74, 6) is -2.06. The van der Waals surface area contributed by atoms with Crippen molar-refractivity contribution in [3.05, 3.63) is 95.1 Å². The SMILES string of the molecule is Cc1ccc(S(=O)(=O)N2CCN(Cc3cccc(C(=O)Nc4ccc(F)cc4F)c3)CC2)cc1. The van der Waals surface area contributed by atoms with Crippen LogP contribution in [-0.2, 0) is 16.6 Å². The van der Waals surface area contributed by atoms with E-state index in [9.17, 15) is 22.0 Å². The van der Waals surface area contributed by atoms with Gasteiger partial charge >= 0.3 is 0 Å². The number of piperazine rings is 1. The fraction of sp³-hybridized carbons (Fsp3) is 0.240. The summed E-state index contributed by atoms with van der Waals surface area (Å²) < 4.78 is 54.2. The standard InChI is InChI=1S/C25H25F2N3O3S/c1-18-5-8-22(9-6-18)34(32,33)30-13-11-29(12-14-30)17-19-3-2-4-20(15-19)25(31)28-24-10-7-21(26)16-23(24)27/h2-10,15-16H,11-14,17H2,1H3,(H,28,31). The molecule has 34 heavy (non-hydrogen) atoms. The summed E-state index contributed by atoms with van der Waals surface area (Å²) in [6, 6.07) is 16.8. The maximum atomic E-state index is 13.8. The molecule has 1 fully saturated rings. The van der Waals surface area contributed by atoms with Gasteiger partial charge in [0.2, 0.25) is 10.0 Å². The molecule has 0 aliphatic carbocycles. The Morgan fingerprint density at radius 1 is 0.941 bits per heavy atom. The fourth-order valence-corrected chi connectivity index (χ4v) is 5.26. The summed E-state index contributed by atoms with van der Waals surface area (Å²) in [5, 5.41) is 2.46. The molecule has 0 atom stereocenters.